The lowest BCUT2D eigenvalue weighted by molar-refractivity contribution is -0.140. The fraction of sp³-hybridized carbons (Fsp3) is 0.440. The number of rotatable bonds is 12. The van der Waals surface area contributed by atoms with Gasteiger partial charge in [-0.2, -0.15) is 0 Å². The normalized spacial score (nSPS) is 13.5. The number of carbonyl (C=O) groups is 3. The van der Waals surface area contributed by atoms with Gasteiger partial charge in [0.15, 0.2) is 5.96 Å². The van der Waals surface area contributed by atoms with Gasteiger partial charge in [0.25, 0.3) is 0 Å². The van der Waals surface area contributed by atoms with Crippen molar-refractivity contribution in [3.05, 3.63) is 42.5 Å². The number of ether oxygens (including phenoxy) is 1. The van der Waals surface area contributed by atoms with Crippen molar-refractivity contribution in [2.45, 2.75) is 58.2 Å². The van der Waals surface area contributed by atoms with Gasteiger partial charge in [0, 0.05) is 11.9 Å². The summed E-state index contributed by atoms with van der Waals surface area (Å²) in [7, 11) is 0. The van der Waals surface area contributed by atoms with E-state index < -0.39 is 35.9 Å². The van der Waals surface area contributed by atoms with Gasteiger partial charge in [0.2, 0.25) is 11.8 Å². The van der Waals surface area contributed by atoms with Gasteiger partial charge in [-0.1, -0.05) is 50.2 Å². The van der Waals surface area contributed by atoms with E-state index in [9.17, 15) is 14.4 Å². The van der Waals surface area contributed by atoms with Crippen LogP contribution in [0.2, 0.25) is 0 Å². The molecule has 10 heteroatoms. The molecule has 0 radical (unpaired) electrons. The average Bonchev–Trinajstić information content (AvgIpc) is 2.80. The molecule has 8 N–H and O–H groups in total. The molecule has 0 aliphatic rings. The highest BCUT2D eigenvalue weighted by molar-refractivity contribution is 5.94. The van der Waals surface area contributed by atoms with Gasteiger partial charge in [-0.25, -0.2) is 4.79 Å². The summed E-state index contributed by atoms with van der Waals surface area (Å²) in [4.78, 5) is 42.1. The SMILES string of the molecule is CC(C)C[C@H](N)C(=O)N[C@@H](C)C(=O)N[C@@H](CCCN=C(N)N)C(=O)Oc1cccc2ccccc12. The molecule has 10 nitrogen and oxygen atoms in total. The Morgan fingerprint density at radius 3 is 2.34 bits per heavy atom. The first-order valence-corrected chi connectivity index (χ1v) is 11.7. The van der Waals surface area contributed by atoms with Gasteiger partial charge in [-0.05, 0) is 43.6 Å². The van der Waals surface area contributed by atoms with Gasteiger partial charge in [0.05, 0.1) is 6.04 Å². The molecule has 0 heterocycles. The number of hydrogen-bond acceptors (Lipinski definition) is 6. The Hall–Kier alpha value is -3.66. The summed E-state index contributed by atoms with van der Waals surface area (Å²) in [5, 5.41) is 6.97. The number of amides is 2. The third-order valence-electron chi connectivity index (χ3n) is 5.32. The van der Waals surface area contributed by atoms with Gasteiger partial charge < -0.3 is 32.6 Å². The highest BCUT2D eigenvalue weighted by atomic mass is 16.5. The second-order valence-electron chi connectivity index (χ2n) is 8.87. The van der Waals surface area contributed by atoms with E-state index in [4.69, 9.17) is 21.9 Å². The number of nitrogens with one attached hydrogen (secondary N) is 2. The van der Waals surface area contributed by atoms with E-state index in [2.05, 4.69) is 15.6 Å². The zero-order chi connectivity index (χ0) is 26.0. The van der Waals surface area contributed by atoms with Crippen LogP contribution in [0.15, 0.2) is 47.5 Å². The number of aliphatic imine (C=N–C) groups is 1. The number of nitrogens with zero attached hydrogens (tertiary/aromatic N) is 1. The van der Waals surface area contributed by atoms with Crippen molar-refractivity contribution in [3.8, 4) is 5.75 Å². The summed E-state index contributed by atoms with van der Waals surface area (Å²) in [6.45, 7) is 5.73. The third kappa shape index (κ3) is 8.90. The molecule has 0 aromatic heterocycles. The molecule has 190 valence electrons. The topological polar surface area (TPSA) is 175 Å². The Bertz CT molecular complexity index is 1050. The highest BCUT2D eigenvalue weighted by Crippen LogP contribution is 2.25. The Kier molecular flexibility index (Phi) is 10.5. The van der Waals surface area contributed by atoms with E-state index in [1.807, 2.05) is 44.2 Å². The van der Waals surface area contributed by atoms with Gasteiger partial charge >= 0.3 is 5.97 Å². The summed E-state index contributed by atoms with van der Waals surface area (Å²) >= 11 is 0. The summed E-state index contributed by atoms with van der Waals surface area (Å²) in [6, 6.07) is 10.3. The molecule has 0 aliphatic carbocycles. The summed E-state index contributed by atoms with van der Waals surface area (Å²) in [5.41, 5.74) is 16.6. The van der Waals surface area contributed by atoms with Crippen molar-refractivity contribution in [1.82, 2.24) is 10.6 Å². The molecule has 0 saturated carbocycles. The first-order valence-electron chi connectivity index (χ1n) is 11.7. The Labute approximate surface area is 205 Å². The monoisotopic (exact) mass is 484 g/mol. The van der Waals surface area contributed by atoms with Gasteiger partial charge in [0.1, 0.15) is 17.8 Å². The molecular weight excluding hydrogens is 448 g/mol. The van der Waals surface area contributed by atoms with Crippen molar-refractivity contribution in [3.63, 3.8) is 0 Å². The number of benzene rings is 2. The number of esters is 1. The van der Waals surface area contributed by atoms with Gasteiger partial charge in [-0.3, -0.25) is 14.6 Å². The van der Waals surface area contributed by atoms with Crippen LogP contribution in [-0.4, -0.2) is 48.4 Å². The third-order valence-corrected chi connectivity index (χ3v) is 5.32. The van der Waals surface area contributed by atoms with E-state index in [1.54, 1.807) is 12.1 Å². The standard InChI is InChI=1S/C25H36N6O4/c1-15(2)14-19(26)23(33)30-16(3)22(32)31-20(11-7-13-29-25(27)28)24(34)35-21-12-6-9-17-8-4-5-10-18(17)21/h4-6,8-10,12,15-16,19-20H,7,11,13-14,26H2,1-3H3,(H,30,33)(H,31,32)(H4,27,28,29)/t16-,19-,20-/m0/s1. The average molecular weight is 485 g/mol. The summed E-state index contributed by atoms with van der Waals surface area (Å²) in [5.74, 6) is -1.02. The number of guanidine groups is 1. The molecule has 35 heavy (non-hydrogen) atoms. The quantitative estimate of drug-likeness (QED) is 0.0987. The van der Waals surface area contributed by atoms with E-state index in [1.165, 1.54) is 6.92 Å². The number of fused-ring (bicyclic) bond motifs is 1. The van der Waals surface area contributed by atoms with Crippen molar-refractivity contribution in [1.29, 1.82) is 0 Å². The van der Waals surface area contributed by atoms with Crippen LogP contribution in [0.25, 0.3) is 10.8 Å². The second kappa shape index (κ2) is 13.3. The number of carbonyl (C=O) groups excluding carboxylic acids is 3. The second-order valence-corrected chi connectivity index (χ2v) is 8.87. The molecule has 2 aromatic rings. The minimum atomic E-state index is -0.973. The molecule has 3 atom stereocenters. The minimum Gasteiger partial charge on any atom is -0.424 e. The lowest BCUT2D eigenvalue weighted by Crippen LogP contribution is -2.54. The lowest BCUT2D eigenvalue weighted by atomic mass is 10.0. The van der Waals surface area contributed by atoms with Crippen molar-refractivity contribution in [2.24, 2.45) is 28.1 Å². The number of nitrogens with two attached hydrogens (primary N) is 3. The van der Waals surface area contributed by atoms with Gasteiger partial charge in [-0.15, -0.1) is 0 Å². The van der Waals surface area contributed by atoms with Crippen LogP contribution in [-0.2, 0) is 14.4 Å². The zero-order valence-corrected chi connectivity index (χ0v) is 20.5. The zero-order valence-electron chi connectivity index (χ0n) is 20.5. The molecule has 0 saturated heterocycles. The smallest absolute Gasteiger partial charge is 0.334 e. The molecule has 2 aromatic carbocycles. The van der Waals surface area contributed by atoms with Crippen LogP contribution >= 0.6 is 0 Å². The first-order chi connectivity index (χ1) is 16.6. The lowest BCUT2D eigenvalue weighted by Gasteiger charge is -2.22. The Morgan fingerprint density at radius 2 is 1.66 bits per heavy atom. The largest absolute Gasteiger partial charge is 0.424 e. The van der Waals surface area contributed by atoms with Crippen LogP contribution < -0.4 is 32.6 Å². The molecule has 0 aliphatic heterocycles. The summed E-state index contributed by atoms with van der Waals surface area (Å²) < 4.78 is 5.67. The predicted octanol–water partition coefficient (Wildman–Crippen LogP) is 1.16. The maximum absolute atomic E-state index is 13.1. The molecule has 2 amide bonds. The fourth-order valence-corrected chi connectivity index (χ4v) is 3.51. The maximum Gasteiger partial charge on any atom is 0.334 e. The Balaban J connectivity index is 2.10. The first kappa shape index (κ1) is 27.6. The van der Waals surface area contributed by atoms with Crippen LogP contribution in [0.1, 0.15) is 40.0 Å². The molecule has 0 spiro atoms. The van der Waals surface area contributed by atoms with E-state index in [-0.39, 0.29) is 24.8 Å². The van der Waals surface area contributed by atoms with E-state index in [0.717, 1.165) is 10.8 Å². The van der Waals surface area contributed by atoms with Crippen LogP contribution in [0, 0.1) is 5.92 Å². The van der Waals surface area contributed by atoms with Crippen LogP contribution in [0.5, 0.6) is 5.75 Å². The minimum absolute atomic E-state index is 0.0574. The van der Waals surface area contributed by atoms with Crippen LogP contribution in [0.4, 0.5) is 0 Å². The molecule has 0 unspecified atom stereocenters. The summed E-state index contributed by atoms with van der Waals surface area (Å²) in [6.07, 6.45) is 1.15. The molecule has 0 fully saturated rings. The highest BCUT2D eigenvalue weighted by Gasteiger charge is 2.27. The fourth-order valence-electron chi connectivity index (χ4n) is 3.51. The predicted molar refractivity (Wildman–Crippen MR) is 136 cm³/mol. The molecular formula is C25H36N6O4. The van der Waals surface area contributed by atoms with Crippen molar-refractivity contribution >= 4 is 34.5 Å². The van der Waals surface area contributed by atoms with E-state index >= 15 is 0 Å². The van der Waals surface area contributed by atoms with E-state index in [0.29, 0.717) is 18.6 Å². The van der Waals surface area contributed by atoms with Crippen molar-refractivity contribution in [2.75, 3.05) is 6.54 Å². The molecule has 2 rings (SSSR count). The Morgan fingerprint density at radius 1 is 0.971 bits per heavy atom. The van der Waals surface area contributed by atoms with Crippen molar-refractivity contribution < 1.29 is 19.1 Å². The number of hydrogen-bond donors (Lipinski definition) is 5. The molecule has 0 bridgehead atoms. The van der Waals surface area contributed by atoms with Crippen LogP contribution in [0.3, 0.4) is 0 Å². The maximum atomic E-state index is 13.1.